The molecule has 16 heavy (non-hydrogen) atoms. The minimum atomic E-state index is 0.972. The van der Waals surface area contributed by atoms with E-state index in [1.165, 1.54) is 29.2 Å². The molecule has 2 rings (SSSR count). The summed E-state index contributed by atoms with van der Waals surface area (Å²) in [7, 11) is 0. The highest BCUT2D eigenvalue weighted by atomic mass is 32.2. The van der Waals surface area contributed by atoms with Crippen molar-refractivity contribution in [3.05, 3.63) is 29.3 Å². The van der Waals surface area contributed by atoms with Crippen LogP contribution in [0.3, 0.4) is 0 Å². The number of thioether (sulfide) groups is 1. The van der Waals surface area contributed by atoms with Crippen molar-refractivity contribution in [2.45, 2.75) is 19.9 Å². The van der Waals surface area contributed by atoms with Gasteiger partial charge in [-0.3, -0.25) is 4.90 Å². The molecule has 2 nitrogen and oxygen atoms in total. The molecule has 0 amide bonds. The maximum Gasteiger partial charge on any atom is 0.0350 e. The first-order chi connectivity index (χ1) is 7.81. The highest BCUT2D eigenvalue weighted by Gasteiger charge is 2.16. The molecule has 1 aliphatic rings. The third-order valence-electron chi connectivity index (χ3n) is 3.14. The largest absolute Gasteiger partial charge is 0.398 e. The molecule has 0 aromatic heterocycles. The van der Waals surface area contributed by atoms with Crippen molar-refractivity contribution in [2.75, 3.05) is 30.3 Å². The Morgan fingerprint density at radius 3 is 3.12 bits per heavy atom. The monoisotopic (exact) mass is 236 g/mol. The van der Waals surface area contributed by atoms with Gasteiger partial charge < -0.3 is 5.73 Å². The second-order valence-electron chi connectivity index (χ2n) is 4.21. The summed E-state index contributed by atoms with van der Waals surface area (Å²) in [5.74, 6) is 2.46. The van der Waals surface area contributed by atoms with E-state index >= 15 is 0 Å². The van der Waals surface area contributed by atoms with Crippen LogP contribution in [0.2, 0.25) is 0 Å². The van der Waals surface area contributed by atoms with Gasteiger partial charge in [0.25, 0.3) is 0 Å². The van der Waals surface area contributed by atoms with E-state index in [0.717, 1.165) is 25.2 Å². The average molecular weight is 236 g/mol. The van der Waals surface area contributed by atoms with E-state index in [2.05, 4.69) is 24.0 Å². The van der Waals surface area contributed by atoms with Gasteiger partial charge in [-0.05, 0) is 29.4 Å². The van der Waals surface area contributed by atoms with Crippen molar-refractivity contribution >= 4 is 17.4 Å². The smallest absolute Gasteiger partial charge is 0.0350 e. The Kier molecular flexibility index (Phi) is 4.13. The Bertz CT molecular complexity index is 352. The second-order valence-corrected chi connectivity index (χ2v) is 5.60. The molecular weight excluding hydrogens is 216 g/mol. The van der Waals surface area contributed by atoms with Crippen LogP contribution in [-0.2, 0) is 13.0 Å². The van der Waals surface area contributed by atoms with Crippen LogP contribution in [-0.4, -0.2) is 29.5 Å². The Balaban J connectivity index is 1.96. The van der Waals surface area contributed by atoms with E-state index < -0.39 is 0 Å². The van der Waals surface area contributed by atoms with Gasteiger partial charge in [-0.2, -0.15) is 11.8 Å². The van der Waals surface area contributed by atoms with Crippen molar-refractivity contribution < 1.29 is 0 Å². The molecule has 0 unspecified atom stereocenters. The number of benzene rings is 1. The van der Waals surface area contributed by atoms with Crippen LogP contribution < -0.4 is 5.73 Å². The molecular formula is C13H20N2S. The van der Waals surface area contributed by atoms with Crippen LogP contribution in [0.5, 0.6) is 0 Å². The highest BCUT2D eigenvalue weighted by molar-refractivity contribution is 7.99. The van der Waals surface area contributed by atoms with Gasteiger partial charge in [0.05, 0.1) is 0 Å². The number of nitrogen functional groups attached to an aromatic ring is 1. The number of nitrogens with zero attached hydrogens (tertiary/aromatic N) is 1. The lowest BCUT2D eigenvalue weighted by Crippen LogP contribution is -2.32. The van der Waals surface area contributed by atoms with Gasteiger partial charge in [-0.1, -0.05) is 19.1 Å². The van der Waals surface area contributed by atoms with Gasteiger partial charge in [0.15, 0.2) is 0 Å². The fraction of sp³-hybridized carbons (Fsp3) is 0.538. The number of anilines is 1. The van der Waals surface area contributed by atoms with Crippen LogP contribution in [0.25, 0.3) is 0 Å². The molecule has 1 heterocycles. The fourth-order valence-electron chi connectivity index (χ4n) is 2.23. The molecule has 0 bridgehead atoms. The molecule has 0 radical (unpaired) electrons. The molecule has 3 heteroatoms. The number of nitrogens with two attached hydrogens (primary N) is 1. The molecule has 0 fully saturated rings. The second kappa shape index (κ2) is 5.60. The van der Waals surface area contributed by atoms with Crippen LogP contribution in [0, 0.1) is 0 Å². The summed E-state index contributed by atoms with van der Waals surface area (Å²) in [5, 5.41) is 0. The predicted octanol–water partition coefficient (Wildman–Crippen LogP) is 2.38. The number of rotatable bonds is 4. The Hall–Kier alpha value is -0.670. The zero-order valence-corrected chi connectivity index (χ0v) is 10.7. The third-order valence-corrected chi connectivity index (χ3v) is 4.02. The van der Waals surface area contributed by atoms with E-state index in [1.54, 1.807) is 0 Å². The third kappa shape index (κ3) is 2.71. The summed E-state index contributed by atoms with van der Waals surface area (Å²) >= 11 is 2.02. The Labute approximate surface area is 102 Å². The van der Waals surface area contributed by atoms with Crippen LogP contribution in [0.4, 0.5) is 5.69 Å². The van der Waals surface area contributed by atoms with Gasteiger partial charge in [0, 0.05) is 31.1 Å². The van der Waals surface area contributed by atoms with E-state index in [9.17, 15) is 0 Å². The molecule has 0 atom stereocenters. The summed E-state index contributed by atoms with van der Waals surface area (Å²) < 4.78 is 0. The van der Waals surface area contributed by atoms with Crippen molar-refractivity contribution in [1.29, 1.82) is 0 Å². The molecule has 1 aromatic rings. The average Bonchev–Trinajstić information content (AvgIpc) is 2.30. The highest BCUT2D eigenvalue weighted by Crippen LogP contribution is 2.23. The molecule has 0 aliphatic carbocycles. The zero-order chi connectivity index (χ0) is 11.4. The summed E-state index contributed by atoms with van der Waals surface area (Å²) in [6.45, 7) is 5.65. The Morgan fingerprint density at radius 1 is 1.44 bits per heavy atom. The van der Waals surface area contributed by atoms with Crippen molar-refractivity contribution in [2.24, 2.45) is 0 Å². The molecule has 0 saturated heterocycles. The van der Waals surface area contributed by atoms with E-state index in [0.29, 0.717) is 0 Å². The first kappa shape index (κ1) is 11.8. The number of hydrogen-bond acceptors (Lipinski definition) is 3. The predicted molar refractivity (Wildman–Crippen MR) is 72.8 cm³/mol. The van der Waals surface area contributed by atoms with Gasteiger partial charge in [-0.15, -0.1) is 0 Å². The molecule has 2 N–H and O–H groups in total. The van der Waals surface area contributed by atoms with Crippen molar-refractivity contribution in [3.8, 4) is 0 Å². The van der Waals surface area contributed by atoms with Crippen molar-refractivity contribution in [3.63, 3.8) is 0 Å². The Morgan fingerprint density at radius 2 is 2.31 bits per heavy atom. The summed E-state index contributed by atoms with van der Waals surface area (Å²) in [6.07, 6.45) is 1.11. The van der Waals surface area contributed by atoms with Crippen molar-refractivity contribution in [1.82, 2.24) is 4.90 Å². The topological polar surface area (TPSA) is 29.3 Å². The first-order valence-electron chi connectivity index (χ1n) is 5.97. The minimum Gasteiger partial charge on any atom is -0.398 e. The minimum absolute atomic E-state index is 0.972. The van der Waals surface area contributed by atoms with Gasteiger partial charge in [0.1, 0.15) is 0 Å². The van der Waals surface area contributed by atoms with Crippen LogP contribution in [0.1, 0.15) is 18.1 Å². The first-order valence-corrected chi connectivity index (χ1v) is 7.13. The lowest BCUT2D eigenvalue weighted by molar-refractivity contribution is 0.271. The van der Waals surface area contributed by atoms with E-state index in [1.807, 2.05) is 17.8 Å². The standard InChI is InChI=1S/C13H20N2S/c1-2-16-9-8-15-7-6-12-11(10-15)4-3-5-13(12)14/h3-5H,2,6-10,14H2,1H3. The molecule has 88 valence electrons. The summed E-state index contributed by atoms with van der Waals surface area (Å²) in [4.78, 5) is 2.53. The quantitative estimate of drug-likeness (QED) is 0.643. The SMILES string of the molecule is CCSCCN1CCc2c(N)cccc2C1. The fourth-order valence-corrected chi connectivity index (χ4v) is 2.90. The summed E-state index contributed by atoms with van der Waals surface area (Å²) in [6, 6.07) is 6.30. The van der Waals surface area contributed by atoms with Crippen LogP contribution in [0.15, 0.2) is 18.2 Å². The van der Waals surface area contributed by atoms with Gasteiger partial charge in [-0.25, -0.2) is 0 Å². The van der Waals surface area contributed by atoms with Gasteiger partial charge in [0.2, 0.25) is 0 Å². The normalized spacial score (nSPS) is 16.1. The lowest BCUT2D eigenvalue weighted by Gasteiger charge is -2.29. The van der Waals surface area contributed by atoms with Crippen LogP contribution >= 0.6 is 11.8 Å². The van der Waals surface area contributed by atoms with Gasteiger partial charge >= 0.3 is 0 Å². The summed E-state index contributed by atoms with van der Waals surface area (Å²) in [5.41, 5.74) is 9.76. The maximum absolute atomic E-state index is 5.99. The van der Waals surface area contributed by atoms with E-state index in [4.69, 9.17) is 5.73 Å². The number of fused-ring (bicyclic) bond motifs is 1. The number of hydrogen-bond donors (Lipinski definition) is 1. The molecule has 1 aromatic carbocycles. The lowest BCUT2D eigenvalue weighted by atomic mass is 9.98. The molecule has 1 aliphatic heterocycles. The van der Waals surface area contributed by atoms with E-state index in [-0.39, 0.29) is 0 Å². The zero-order valence-electron chi connectivity index (χ0n) is 9.91. The maximum atomic E-state index is 5.99. The molecule has 0 spiro atoms. The molecule has 0 saturated carbocycles.